The fourth-order valence-corrected chi connectivity index (χ4v) is 8.21. The van der Waals surface area contributed by atoms with Gasteiger partial charge >= 0.3 is 5.97 Å². The normalized spacial score (nSPS) is 22.7. The van der Waals surface area contributed by atoms with E-state index in [0.717, 1.165) is 22.3 Å². The lowest BCUT2D eigenvalue weighted by molar-refractivity contribution is -0.140. The van der Waals surface area contributed by atoms with Crippen molar-refractivity contribution in [2.75, 3.05) is 26.2 Å². The standard InChI is InChI=1S/C31H30N2O6S/c1-3-32(4-2)40(37,38)20-15-13-19(14-16-20)31(36)39-18-17-33-29(34)27-25-21-9-5-6-10-22(21)26(28(27)30(33)35)24-12-8-7-11-23(24)25/h5-16,25-28H,3-4,17-18H2,1-2H3/t25?,26?,27-,28-/m1/s1. The summed E-state index contributed by atoms with van der Waals surface area (Å²) < 4.78 is 32.1. The molecule has 1 aliphatic heterocycles. The number of benzene rings is 3. The molecule has 2 bridgehead atoms. The Morgan fingerprint density at radius 1 is 0.775 bits per heavy atom. The second-order valence-corrected chi connectivity index (χ2v) is 12.3. The minimum Gasteiger partial charge on any atom is -0.460 e. The van der Waals surface area contributed by atoms with Crippen LogP contribution in [-0.4, -0.2) is 61.6 Å². The zero-order chi connectivity index (χ0) is 28.2. The summed E-state index contributed by atoms with van der Waals surface area (Å²) in [6, 6.07) is 21.7. The summed E-state index contributed by atoms with van der Waals surface area (Å²) in [5.41, 5.74) is 4.61. The van der Waals surface area contributed by atoms with Gasteiger partial charge in [0.15, 0.2) is 0 Å². The largest absolute Gasteiger partial charge is 0.460 e. The Hall–Kier alpha value is -3.82. The monoisotopic (exact) mass is 558 g/mol. The summed E-state index contributed by atoms with van der Waals surface area (Å²) in [5.74, 6) is -2.41. The Kier molecular flexibility index (Phi) is 6.59. The first-order valence-corrected chi connectivity index (χ1v) is 15.0. The van der Waals surface area contributed by atoms with Crippen molar-refractivity contribution in [1.82, 2.24) is 9.21 Å². The Bertz CT molecular complexity index is 1500. The Morgan fingerprint density at radius 2 is 1.23 bits per heavy atom. The molecule has 9 heteroatoms. The van der Waals surface area contributed by atoms with E-state index in [9.17, 15) is 22.8 Å². The number of carbonyl (C=O) groups excluding carboxylic acids is 3. The van der Waals surface area contributed by atoms with Gasteiger partial charge in [-0.2, -0.15) is 4.31 Å². The summed E-state index contributed by atoms with van der Waals surface area (Å²) in [5, 5.41) is 0. The molecule has 3 aromatic rings. The van der Waals surface area contributed by atoms with Gasteiger partial charge in [-0.15, -0.1) is 0 Å². The number of esters is 1. The van der Waals surface area contributed by atoms with E-state index in [-0.39, 0.29) is 47.3 Å². The first-order chi connectivity index (χ1) is 19.3. The number of hydrogen-bond acceptors (Lipinski definition) is 6. The molecule has 0 radical (unpaired) electrons. The third-order valence-electron chi connectivity index (χ3n) is 8.52. The summed E-state index contributed by atoms with van der Waals surface area (Å²) in [6.07, 6.45) is 0. The van der Waals surface area contributed by atoms with Gasteiger partial charge in [0.2, 0.25) is 21.8 Å². The van der Waals surface area contributed by atoms with E-state index < -0.39 is 27.8 Å². The lowest BCUT2D eigenvalue weighted by Crippen LogP contribution is -2.41. The second kappa shape index (κ2) is 9.98. The average Bonchev–Trinajstić information content (AvgIpc) is 3.23. The molecule has 7 rings (SSSR count). The number of amides is 2. The average molecular weight is 559 g/mol. The molecule has 0 unspecified atom stereocenters. The van der Waals surface area contributed by atoms with Gasteiger partial charge in [-0.1, -0.05) is 62.4 Å². The molecule has 40 heavy (non-hydrogen) atoms. The number of hydrogen-bond donors (Lipinski definition) is 0. The lowest BCUT2D eigenvalue weighted by Gasteiger charge is -2.45. The van der Waals surface area contributed by atoms with Gasteiger partial charge in [0.05, 0.1) is 28.8 Å². The van der Waals surface area contributed by atoms with Gasteiger partial charge in [-0.05, 0) is 46.5 Å². The van der Waals surface area contributed by atoms with Crippen LogP contribution in [0.4, 0.5) is 0 Å². The maximum absolute atomic E-state index is 13.6. The number of sulfonamides is 1. The minimum absolute atomic E-state index is 0.0308. The van der Waals surface area contributed by atoms with Crippen LogP contribution in [0.15, 0.2) is 77.7 Å². The van der Waals surface area contributed by atoms with Crippen molar-refractivity contribution in [2.45, 2.75) is 30.6 Å². The molecule has 2 atom stereocenters. The number of carbonyl (C=O) groups is 3. The highest BCUT2D eigenvalue weighted by Crippen LogP contribution is 2.60. The maximum Gasteiger partial charge on any atom is 0.338 e. The highest BCUT2D eigenvalue weighted by molar-refractivity contribution is 7.89. The maximum atomic E-state index is 13.6. The van der Waals surface area contributed by atoms with Gasteiger partial charge in [-0.3, -0.25) is 14.5 Å². The van der Waals surface area contributed by atoms with Crippen LogP contribution in [0.1, 0.15) is 58.3 Å². The zero-order valence-corrected chi connectivity index (χ0v) is 23.1. The second-order valence-electron chi connectivity index (χ2n) is 10.3. The summed E-state index contributed by atoms with van der Waals surface area (Å²) in [6.45, 7) is 4.04. The number of nitrogens with zero attached hydrogens (tertiary/aromatic N) is 2. The van der Waals surface area contributed by atoms with E-state index in [2.05, 4.69) is 24.3 Å². The highest BCUT2D eigenvalue weighted by atomic mass is 32.2. The lowest BCUT2D eigenvalue weighted by atomic mass is 9.55. The number of rotatable bonds is 8. The van der Waals surface area contributed by atoms with Crippen LogP contribution in [0, 0.1) is 11.8 Å². The Labute approximate surface area is 233 Å². The molecule has 2 amide bonds. The van der Waals surface area contributed by atoms with Crippen molar-refractivity contribution in [3.05, 3.63) is 101 Å². The number of likely N-dealkylation sites (tertiary alicyclic amines) is 1. The van der Waals surface area contributed by atoms with Crippen molar-refractivity contribution >= 4 is 27.8 Å². The first kappa shape index (κ1) is 26.4. The van der Waals surface area contributed by atoms with Gasteiger partial charge in [0.1, 0.15) is 6.61 Å². The van der Waals surface area contributed by atoms with E-state index in [0.29, 0.717) is 13.1 Å². The van der Waals surface area contributed by atoms with Crippen molar-refractivity contribution in [3.63, 3.8) is 0 Å². The van der Waals surface area contributed by atoms with Crippen molar-refractivity contribution in [1.29, 1.82) is 0 Å². The topological polar surface area (TPSA) is 101 Å². The molecule has 4 aliphatic rings. The van der Waals surface area contributed by atoms with E-state index in [1.165, 1.54) is 33.5 Å². The molecule has 8 nitrogen and oxygen atoms in total. The van der Waals surface area contributed by atoms with Crippen molar-refractivity contribution in [3.8, 4) is 0 Å². The Morgan fingerprint density at radius 3 is 1.65 bits per heavy atom. The smallest absolute Gasteiger partial charge is 0.338 e. The fourth-order valence-electron chi connectivity index (χ4n) is 6.75. The van der Waals surface area contributed by atoms with Crippen LogP contribution in [0.2, 0.25) is 0 Å². The molecule has 1 heterocycles. The molecule has 206 valence electrons. The quantitative estimate of drug-likeness (QED) is 0.308. The van der Waals surface area contributed by atoms with E-state index in [4.69, 9.17) is 4.74 Å². The minimum atomic E-state index is -3.64. The van der Waals surface area contributed by atoms with Crippen LogP contribution >= 0.6 is 0 Å². The predicted molar refractivity (Wildman–Crippen MR) is 147 cm³/mol. The molecule has 1 saturated heterocycles. The van der Waals surface area contributed by atoms with E-state index in [1.807, 2.05) is 24.3 Å². The molecule has 1 fully saturated rings. The van der Waals surface area contributed by atoms with Gasteiger partial charge < -0.3 is 4.74 Å². The van der Waals surface area contributed by atoms with E-state index in [1.54, 1.807) is 13.8 Å². The van der Waals surface area contributed by atoms with Crippen LogP contribution in [0.5, 0.6) is 0 Å². The van der Waals surface area contributed by atoms with Crippen molar-refractivity contribution in [2.24, 2.45) is 11.8 Å². The summed E-state index contributed by atoms with van der Waals surface area (Å²) in [4.78, 5) is 41.3. The molecule has 3 aromatic carbocycles. The molecule has 0 N–H and O–H groups in total. The molecule has 0 aromatic heterocycles. The van der Waals surface area contributed by atoms with Gasteiger partial charge in [0.25, 0.3) is 0 Å². The van der Waals surface area contributed by atoms with Crippen LogP contribution in [-0.2, 0) is 24.3 Å². The number of imide groups is 1. The summed E-state index contributed by atoms with van der Waals surface area (Å²) in [7, 11) is -3.64. The van der Waals surface area contributed by atoms with Crippen molar-refractivity contribution < 1.29 is 27.5 Å². The molecular weight excluding hydrogens is 528 g/mol. The van der Waals surface area contributed by atoms with Crippen LogP contribution < -0.4 is 0 Å². The van der Waals surface area contributed by atoms with Gasteiger partial charge in [-0.25, -0.2) is 13.2 Å². The molecular formula is C31H30N2O6S. The van der Waals surface area contributed by atoms with E-state index >= 15 is 0 Å². The fraction of sp³-hybridized carbons (Fsp3) is 0.323. The first-order valence-electron chi connectivity index (χ1n) is 13.6. The third-order valence-corrected chi connectivity index (χ3v) is 10.6. The highest BCUT2D eigenvalue weighted by Gasteiger charge is 2.61. The SMILES string of the molecule is CCN(CC)S(=O)(=O)c1ccc(C(=O)OCCN2C(=O)[C@@H]3C4c5ccccc5C(c5ccccc54)[C@H]3C2=O)cc1. The third kappa shape index (κ3) is 3.90. The Balaban J connectivity index is 1.16. The predicted octanol–water partition coefficient (Wildman–Crippen LogP) is 3.77. The number of ether oxygens (including phenoxy) is 1. The molecule has 3 aliphatic carbocycles. The molecule has 0 saturated carbocycles. The molecule has 0 spiro atoms. The zero-order valence-electron chi connectivity index (χ0n) is 22.3. The van der Waals surface area contributed by atoms with Crippen LogP contribution in [0.25, 0.3) is 0 Å². The summed E-state index contributed by atoms with van der Waals surface area (Å²) >= 11 is 0. The van der Waals surface area contributed by atoms with Gasteiger partial charge in [0, 0.05) is 24.9 Å². The van der Waals surface area contributed by atoms with Crippen LogP contribution in [0.3, 0.4) is 0 Å².